The third-order valence-electron chi connectivity index (χ3n) is 5.43. The summed E-state index contributed by atoms with van der Waals surface area (Å²) in [4.78, 5) is 26.3. The molecule has 1 aliphatic carbocycles. The number of carbonyl (C=O) groups excluding carboxylic acids is 2. The van der Waals surface area contributed by atoms with Crippen LogP contribution in [0.3, 0.4) is 0 Å². The van der Waals surface area contributed by atoms with Gasteiger partial charge in [0, 0.05) is 30.0 Å². The lowest BCUT2D eigenvalue weighted by Gasteiger charge is -2.18. The highest BCUT2D eigenvalue weighted by Gasteiger charge is 2.23. The third kappa shape index (κ3) is 3.54. The van der Waals surface area contributed by atoms with Crippen molar-refractivity contribution in [1.29, 1.82) is 0 Å². The largest absolute Gasteiger partial charge is 0.346 e. The molecule has 0 atom stereocenters. The molecule has 1 fully saturated rings. The van der Waals surface area contributed by atoms with Crippen LogP contribution in [0.1, 0.15) is 52.1 Å². The molecule has 0 unspecified atom stereocenters. The van der Waals surface area contributed by atoms with Gasteiger partial charge in [-0.15, -0.1) is 0 Å². The van der Waals surface area contributed by atoms with E-state index in [1.54, 1.807) is 17.0 Å². The fourth-order valence-corrected chi connectivity index (χ4v) is 3.88. The minimum Gasteiger partial charge on any atom is -0.346 e. The van der Waals surface area contributed by atoms with Crippen molar-refractivity contribution in [3.8, 4) is 0 Å². The molecular weight excluding hydrogens is 342 g/mol. The monoisotopic (exact) mass is 367 g/mol. The molecule has 0 bridgehead atoms. The maximum absolute atomic E-state index is 12.7. The van der Waals surface area contributed by atoms with Crippen molar-refractivity contribution in [1.82, 2.24) is 20.8 Å². The Morgan fingerprint density at radius 3 is 2.93 bits per heavy atom. The zero-order chi connectivity index (χ0) is 18.8. The molecule has 0 saturated carbocycles. The van der Waals surface area contributed by atoms with E-state index in [4.69, 9.17) is 0 Å². The van der Waals surface area contributed by atoms with Crippen LogP contribution >= 0.6 is 0 Å². The van der Waals surface area contributed by atoms with Crippen LogP contribution in [0.2, 0.25) is 0 Å². The van der Waals surface area contributed by atoms with Crippen molar-refractivity contribution in [3.63, 3.8) is 0 Å². The van der Waals surface area contributed by atoms with Crippen molar-refractivity contribution in [2.45, 2.75) is 45.6 Å². The number of nitrogens with one attached hydrogen (secondary N) is 3. The number of aromatic nitrogens is 2. The molecule has 0 radical (unpaired) electrons. The smallest absolute Gasteiger partial charge is 0.322 e. The van der Waals surface area contributed by atoms with E-state index in [0.29, 0.717) is 25.2 Å². The van der Waals surface area contributed by atoms with Crippen molar-refractivity contribution in [3.05, 3.63) is 46.3 Å². The molecule has 1 aromatic heterocycles. The first-order chi connectivity index (χ1) is 13.1. The SMILES string of the molecule is Cc1ccc(C(=O)NCc2n[nH]c3c2CCCCC3)cc1N1CCNC1=O. The number of amides is 3. The Labute approximate surface area is 158 Å². The number of hydrogen-bond donors (Lipinski definition) is 3. The Morgan fingerprint density at radius 2 is 2.11 bits per heavy atom. The minimum absolute atomic E-state index is 0.116. The molecule has 2 aromatic rings. The molecule has 3 N–H and O–H groups in total. The number of aromatic amines is 1. The predicted molar refractivity (Wildman–Crippen MR) is 103 cm³/mol. The third-order valence-corrected chi connectivity index (χ3v) is 5.43. The molecule has 2 aliphatic rings. The lowest BCUT2D eigenvalue weighted by molar-refractivity contribution is 0.0950. The van der Waals surface area contributed by atoms with Gasteiger partial charge in [0.05, 0.1) is 12.2 Å². The van der Waals surface area contributed by atoms with Gasteiger partial charge in [0.25, 0.3) is 5.91 Å². The van der Waals surface area contributed by atoms with Crippen LogP contribution in [-0.2, 0) is 19.4 Å². The Morgan fingerprint density at radius 1 is 1.26 bits per heavy atom. The average Bonchev–Trinajstić information content (AvgIpc) is 3.18. The van der Waals surface area contributed by atoms with Gasteiger partial charge >= 0.3 is 6.03 Å². The van der Waals surface area contributed by atoms with Crippen molar-refractivity contribution in [2.75, 3.05) is 18.0 Å². The highest BCUT2D eigenvalue weighted by atomic mass is 16.2. The number of carbonyl (C=O) groups is 2. The molecule has 27 heavy (non-hydrogen) atoms. The van der Waals surface area contributed by atoms with E-state index in [2.05, 4.69) is 20.8 Å². The summed E-state index contributed by atoms with van der Waals surface area (Å²) in [7, 11) is 0. The van der Waals surface area contributed by atoms with Gasteiger partial charge in [0.15, 0.2) is 0 Å². The van der Waals surface area contributed by atoms with E-state index in [1.807, 2.05) is 13.0 Å². The summed E-state index contributed by atoms with van der Waals surface area (Å²) < 4.78 is 0. The number of hydrogen-bond acceptors (Lipinski definition) is 3. The van der Waals surface area contributed by atoms with E-state index >= 15 is 0 Å². The fraction of sp³-hybridized carbons (Fsp3) is 0.450. The second kappa shape index (κ2) is 7.42. The Hall–Kier alpha value is -2.83. The maximum Gasteiger partial charge on any atom is 0.322 e. The van der Waals surface area contributed by atoms with Crippen LogP contribution in [0.25, 0.3) is 0 Å². The maximum atomic E-state index is 12.7. The highest BCUT2D eigenvalue weighted by molar-refractivity contribution is 5.99. The van der Waals surface area contributed by atoms with Crippen LogP contribution in [0.4, 0.5) is 10.5 Å². The van der Waals surface area contributed by atoms with E-state index in [-0.39, 0.29) is 11.9 Å². The van der Waals surface area contributed by atoms with Crippen molar-refractivity contribution >= 4 is 17.6 Å². The number of rotatable bonds is 4. The quantitative estimate of drug-likeness (QED) is 0.725. The molecule has 142 valence electrons. The first-order valence-corrected chi connectivity index (χ1v) is 9.62. The molecule has 7 heteroatoms. The minimum atomic E-state index is -0.152. The molecule has 3 amide bonds. The zero-order valence-electron chi connectivity index (χ0n) is 15.6. The molecule has 0 spiro atoms. The summed E-state index contributed by atoms with van der Waals surface area (Å²) in [5.41, 5.74) is 5.73. The van der Waals surface area contributed by atoms with Crippen LogP contribution in [0, 0.1) is 6.92 Å². The van der Waals surface area contributed by atoms with Gasteiger partial charge < -0.3 is 10.6 Å². The summed E-state index contributed by atoms with van der Waals surface area (Å²) in [6, 6.07) is 5.36. The first-order valence-electron chi connectivity index (χ1n) is 9.62. The van der Waals surface area contributed by atoms with E-state index in [9.17, 15) is 9.59 Å². The molecule has 2 heterocycles. The van der Waals surface area contributed by atoms with E-state index < -0.39 is 0 Å². The number of urea groups is 1. The van der Waals surface area contributed by atoms with Gasteiger partial charge in [-0.25, -0.2) is 4.79 Å². The summed E-state index contributed by atoms with van der Waals surface area (Å²) in [6.45, 7) is 3.60. The normalized spacial score (nSPS) is 16.6. The van der Waals surface area contributed by atoms with Gasteiger partial charge in [-0.2, -0.15) is 5.10 Å². The standard InChI is InChI=1S/C20H25N5O2/c1-13-7-8-14(11-18(13)25-10-9-21-20(25)27)19(26)22-12-17-15-5-3-2-4-6-16(15)23-24-17/h7-8,11H,2-6,9-10,12H2,1H3,(H,21,27)(H,22,26)(H,23,24). The lowest BCUT2D eigenvalue weighted by atomic mass is 10.1. The summed E-state index contributed by atoms with van der Waals surface area (Å²) in [5.74, 6) is -0.152. The summed E-state index contributed by atoms with van der Waals surface area (Å²) in [5, 5.41) is 13.3. The average molecular weight is 367 g/mol. The fourth-order valence-electron chi connectivity index (χ4n) is 3.88. The number of nitrogens with zero attached hydrogens (tertiary/aromatic N) is 2. The van der Waals surface area contributed by atoms with Crippen LogP contribution < -0.4 is 15.5 Å². The van der Waals surface area contributed by atoms with Crippen molar-refractivity contribution in [2.24, 2.45) is 0 Å². The second-order valence-electron chi connectivity index (χ2n) is 7.26. The molecule has 7 nitrogen and oxygen atoms in total. The summed E-state index contributed by atoms with van der Waals surface area (Å²) in [6.07, 6.45) is 5.67. The number of anilines is 1. The van der Waals surface area contributed by atoms with Crippen LogP contribution in [0.15, 0.2) is 18.2 Å². The summed E-state index contributed by atoms with van der Waals surface area (Å²) >= 11 is 0. The van der Waals surface area contributed by atoms with Gasteiger partial charge in [-0.05, 0) is 55.9 Å². The highest BCUT2D eigenvalue weighted by Crippen LogP contribution is 2.24. The van der Waals surface area contributed by atoms with Gasteiger partial charge in [-0.3, -0.25) is 14.8 Å². The molecule has 1 saturated heterocycles. The number of aryl methyl sites for hydroxylation is 2. The number of H-pyrrole nitrogens is 1. The number of benzene rings is 1. The van der Waals surface area contributed by atoms with E-state index in [1.165, 1.54) is 30.5 Å². The van der Waals surface area contributed by atoms with Gasteiger partial charge in [0.1, 0.15) is 0 Å². The zero-order valence-corrected chi connectivity index (χ0v) is 15.6. The van der Waals surface area contributed by atoms with Crippen LogP contribution in [-0.4, -0.2) is 35.2 Å². The van der Waals surface area contributed by atoms with Gasteiger partial charge in [0.2, 0.25) is 0 Å². The predicted octanol–water partition coefficient (Wildman–Crippen LogP) is 2.45. The first kappa shape index (κ1) is 17.6. The van der Waals surface area contributed by atoms with Crippen molar-refractivity contribution < 1.29 is 9.59 Å². The second-order valence-corrected chi connectivity index (χ2v) is 7.26. The molecule has 1 aromatic carbocycles. The Balaban J connectivity index is 1.47. The topological polar surface area (TPSA) is 90.1 Å². The Kier molecular flexibility index (Phi) is 4.83. The van der Waals surface area contributed by atoms with Gasteiger partial charge in [-0.1, -0.05) is 12.5 Å². The van der Waals surface area contributed by atoms with E-state index in [0.717, 1.165) is 29.8 Å². The molecular formula is C20H25N5O2. The number of fused-ring (bicyclic) bond motifs is 1. The Bertz CT molecular complexity index is 873. The lowest BCUT2D eigenvalue weighted by Crippen LogP contribution is -2.29. The molecule has 4 rings (SSSR count). The van der Waals surface area contributed by atoms with Crippen LogP contribution in [0.5, 0.6) is 0 Å². The molecule has 1 aliphatic heterocycles.